The van der Waals surface area contributed by atoms with Crippen LogP contribution in [0.25, 0.3) is 0 Å². The van der Waals surface area contributed by atoms with Gasteiger partial charge in [0.25, 0.3) is 10.1 Å². The van der Waals surface area contributed by atoms with Crippen molar-refractivity contribution in [3.05, 3.63) is 53.9 Å². The summed E-state index contributed by atoms with van der Waals surface area (Å²) in [7, 11) is -3.77. The molecule has 0 fully saturated rings. The Hall–Kier alpha value is -1.96. The van der Waals surface area contributed by atoms with Crippen molar-refractivity contribution in [3.8, 4) is 5.75 Å². The summed E-state index contributed by atoms with van der Waals surface area (Å²) in [6, 6.07) is 9.70. The minimum atomic E-state index is -3.77. The minimum absolute atomic E-state index is 0.0746. The van der Waals surface area contributed by atoms with E-state index in [2.05, 4.69) is 4.98 Å². The second kappa shape index (κ2) is 7.35. The molecule has 2 rings (SSSR count). The molecule has 6 nitrogen and oxygen atoms in total. The predicted octanol–water partition coefficient (Wildman–Crippen LogP) is 1.67. The van der Waals surface area contributed by atoms with E-state index in [0.717, 1.165) is 5.56 Å². The number of benzene rings is 1. The molecule has 0 unspecified atom stereocenters. The average molecular weight is 323 g/mol. The molecular weight excluding hydrogens is 306 g/mol. The van der Waals surface area contributed by atoms with Crippen LogP contribution in [0.3, 0.4) is 0 Å². The molecule has 1 aromatic carbocycles. The third-order valence-corrected chi connectivity index (χ3v) is 4.19. The normalized spacial score (nSPS) is 11.4. The van der Waals surface area contributed by atoms with Crippen molar-refractivity contribution in [2.75, 3.05) is 13.2 Å². The third kappa shape index (κ3) is 4.52. The molecule has 1 N–H and O–H groups in total. The van der Waals surface area contributed by atoms with Gasteiger partial charge in [0, 0.05) is 0 Å². The highest BCUT2D eigenvalue weighted by Crippen LogP contribution is 2.13. The van der Waals surface area contributed by atoms with E-state index in [-0.39, 0.29) is 24.7 Å². The van der Waals surface area contributed by atoms with Crippen molar-refractivity contribution in [1.82, 2.24) is 4.98 Å². The molecule has 0 amide bonds. The van der Waals surface area contributed by atoms with E-state index >= 15 is 0 Å². The number of nitrogens with zero attached hydrogens (tertiary/aromatic N) is 1. The molecule has 2 aromatic rings. The summed E-state index contributed by atoms with van der Waals surface area (Å²) in [5.74, 6) is 0.480. The van der Waals surface area contributed by atoms with Crippen LogP contribution in [0.15, 0.2) is 47.5 Å². The van der Waals surface area contributed by atoms with Gasteiger partial charge >= 0.3 is 0 Å². The first-order valence-corrected chi connectivity index (χ1v) is 8.07. The molecular formula is C15H17NO5S. The number of aliphatic hydroxyl groups is 1. The van der Waals surface area contributed by atoms with Gasteiger partial charge in [0.05, 0.1) is 23.4 Å². The van der Waals surface area contributed by atoms with Gasteiger partial charge in [0.2, 0.25) is 0 Å². The maximum Gasteiger partial charge on any atom is 0.297 e. The van der Waals surface area contributed by atoms with E-state index in [9.17, 15) is 8.42 Å². The fourth-order valence-corrected chi connectivity index (χ4v) is 2.56. The molecule has 0 aliphatic carbocycles. The van der Waals surface area contributed by atoms with E-state index in [4.69, 9.17) is 14.0 Å². The van der Waals surface area contributed by atoms with Crippen molar-refractivity contribution >= 4 is 10.1 Å². The van der Waals surface area contributed by atoms with Crippen LogP contribution in [0.4, 0.5) is 0 Å². The van der Waals surface area contributed by atoms with Crippen LogP contribution in [-0.4, -0.2) is 31.7 Å². The highest BCUT2D eigenvalue weighted by atomic mass is 32.2. The number of aromatic nitrogens is 1. The molecule has 0 aliphatic rings. The zero-order valence-electron chi connectivity index (χ0n) is 12.1. The van der Waals surface area contributed by atoms with Crippen LogP contribution in [0.1, 0.15) is 11.3 Å². The van der Waals surface area contributed by atoms with E-state index in [1.165, 1.54) is 18.3 Å². The highest BCUT2D eigenvalue weighted by molar-refractivity contribution is 7.86. The topological polar surface area (TPSA) is 85.7 Å². The van der Waals surface area contributed by atoms with Gasteiger partial charge in [-0.25, -0.2) is 0 Å². The number of aryl methyl sites for hydroxylation is 1. The molecule has 0 saturated carbocycles. The van der Waals surface area contributed by atoms with Crippen molar-refractivity contribution in [2.45, 2.75) is 18.4 Å². The third-order valence-electron chi connectivity index (χ3n) is 2.86. The van der Waals surface area contributed by atoms with Crippen LogP contribution >= 0.6 is 0 Å². The molecule has 0 radical (unpaired) electrons. The molecule has 0 bridgehead atoms. The molecule has 0 atom stereocenters. The number of hydrogen-bond acceptors (Lipinski definition) is 6. The smallest absolute Gasteiger partial charge is 0.297 e. The summed E-state index contributed by atoms with van der Waals surface area (Å²) >= 11 is 0. The number of pyridine rings is 1. The number of aliphatic hydroxyl groups excluding tert-OH is 1. The lowest BCUT2D eigenvalue weighted by atomic mass is 10.2. The lowest BCUT2D eigenvalue weighted by Gasteiger charge is -2.08. The Morgan fingerprint density at radius 2 is 1.82 bits per heavy atom. The average Bonchev–Trinajstić information content (AvgIpc) is 2.52. The van der Waals surface area contributed by atoms with Crippen molar-refractivity contribution in [3.63, 3.8) is 0 Å². The van der Waals surface area contributed by atoms with E-state index in [1.807, 2.05) is 6.92 Å². The van der Waals surface area contributed by atoms with Gasteiger partial charge in [-0.1, -0.05) is 17.7 Å². The summed E-state index contributed by atoms with van der Waals surface area (Å²) in [6.07, 6.45) is 1.46. The standard InChI is InChI=1S/C15H17NO5S/c1-12-2-6-15(7-3-12)22(18,19)21-9-8-20-14-5-4-13(11-17)16-10-14/h2-7,10,17H,8-9,11H2,1H3. The maximum absolute atomic E-state index is 11.9. The lowest BCUT2D eigenvalue weighted by molar-refractivity contribution is 0.220. The SMILES string of the molecule is Cc1ccc(S(=O)(=O)OCCOc2ccc(CO)nc2)cc1. The fourth-order valence-electron chi connectivity index (χ4n) is 1.67. The van der Waals surface area contributed by atoms with Crippen molar-refractivity contribution in [2.24, 2.45) is 0 Å². The number of rotatable bonds is 7. The Balaban J connectivity index is 1.83. The Morgan fingerprint density at radius 1 is 1.09 bits per heavy atom. The Morgan fingerprint density at radius 3 is 2.41 bits per heavy atom. The minimum Gasteiger partial charge on any atom is -0.490 e. The summed E-state index contributed by atoms with van der Waals surface area (Å²) in [5, 5.41) is 8.87. The Labute approximate surface area is 129 Å². The summed E-state index contributed by atoms with van der Waals surface area (Å²) in [4.78, 5) is 4.06. The van der Waals surface area contributed by atoms with Gasteiger partial charge in [-0.05, 0) is 31.2 Å². The summed E-state index contributed by atoms with van der Waals surface area (Å²) in [6.45, 7) is 1.71. The van der Waals surface area contributed by atoms with E-state index < -0.39 is 10.1 Å². The van der Waals surface area contributed by atoms with Crippen LogP contribution in [-0.2, 0) is 20.9 Å². The quantitative estimate of drug-likeness (QED) is 0.616. The van der Waals surface area contributed by atoms with Gasteiger partial charge in [-0.2, -0.15) is 8.42 Å². The molecule has 0 saturated heterocycles. The Kier molecular flexibility index (Phi) is 5.48. The highest BCUT2D eigenvalue weighted by Gasteiger charge is 2.14. The zero-order chi connectivity index (χ0) is 16.0. The van der Waals surface area contributed by atoms with Crippen molar-refractivity contribution in [1.29, 1.82) is 0 Å². The molecule has 1 heterocycles. The van der Waals surface area contributed by atoms with E-state index in [0.29, 0.717) is 11.4 Å². The Bertz CT molecular complexity index is 696. The first-order chi connectivity index (χ1) is 10.5. The van der Waals surface area contributed by atoms with Crippen LogP contribution in [0.5, 0.6) is 5.75 Å². The monoisotopic (exact) mass is 323 g/mol. The van der Waals surface area contributed by atoms with Gasteiger partial charge in [-0.15, -0.1) is 0 Å². The van der Waals surface area contributed by atoms with E-state index in [1.54, 1.807) is 24.3 Å². The first kappa shape index (κ1) is 16.4. The second-order valence-electron chi connectivity index (χ2n) is 4.58. The van der Waals surface area contributed by atoms with Crippen LogP contribution < -0.4 is 4.74 Å². The molecule has 0 aliphatic heterocycles. The van der Waals surface area contributed by atoms with Gasteiger partial charge in [-0.3, -0.25) is 9.17 Å². The van der Waals surface area contributed by atoms with Gasteiger partial charge in [0.15, 0.2) is 0 Å². The predicted molar refractivity (Wildman–Crippen MR) is 80.0 cm³/mol. The summed E-state index contributed by atoms with van der Waals surface area (Å²) in [5.41, 5.74) is 1.51. The second-order valence-corrected chi connectivity index (χ2v) is 6.20. The van der Waals surface area contributed by atoms with Crippen LogP contribution in [0.2, 0.25) is 0 Å². The van der Waals surface area contributed by atoms with Gasteiger partial charge in [0.1, 0.15) is 19.0 Å². The molecule has 0 spiro atoms. The summed E-state index contributed by atoms with van der Waals surface area (Å²) < 4.78 is 34.1. The zero-order valence-corrected chi connectivity index (χ0v) is 12.9. The largest absolute Gasteiger partial charge is 0.490 e. The molecule has 22 heavy (non-hydrogen) atoms. The number of ether oxygens (including phenoxy) is 1. The van der Waals surface area contributed by atoms with Crippen molar-refractivity contribution < 1.29 is 22.4 Å². The van der Waals surface area contributed by atoms with Crippen LogP contribution in [0, 0.1) is 6.92 Å². The molecule has 7 heteroatoms. The maximum atomic E-state index is 11.9. The lowest BCUT2D eigenvalue weighted by Crippen LogP contribution is -2.13. The molecule has 1 aromatic heterocycles. The number of hydrogen-bond donors (Lipinski definition) is 1. The fraction of sp³-hybridized carbons (Fsp3) is 0.267. The first-order valence-electron chi connectivity index (χ1n) is 6.66. The molecule has 118 valence electrons. The van der Waals surface area contributed by atoms with Gasteiger partial charge < -0.3 is 9.84 Å².